The Morgan fingerprint density at radius 1 is 1.44 bits per heavy atom. The molecule has 2 nitrogen and oxygen atoms in total. The van der Waals surface area contributed by atoms with E-state index in [-0.39, 0.29) is 11.3 Å². The van der Waals surface area contributed by atoms with Gasteiger partial charge < -0.3 is 9.84 Å². The van der Waals surface area contributed by atoms with E-state index in [9.17, 15) is 5.11 Å². The van der Waals surface area contributed by atoms with Crippen LogP contribution in [0, 0.1) is 11.3 Å². The van der Waals surface area contributed by atoms with Crippen LogP contribution in [0.1, 0.15) is 46.5 Å². The van der Waals surface area contributed by atoms with E-state index < -0.39 is 5.60 Å². The number of ether oxygens (including phenoxy) is 1. The Kier molecular flexibility index (Phi) is 3.15. The first kappa shape index (κ1) is 12.1. The van der Waals surface area contributed by atoms with E-state index >= 15 is 0 Å². The summed E-state index contributed by atoms with van der Waals surface area (Å²) in [6, 6.07) is 0. The molecular formula is C14H24O2. The molecule has 3 unspecified atom stereocenters. The van der Waals surface area contributed by atoms with Crippen molar-refractivity contribution >= 4 is 0 Å². The van der Waals surface area contributed by atoms with Gasteiger partial charge in [-0.2, -0.15) is 0 Å². The highest BCUT2D eigenvalue weighted by Gasteiger charge is 2.47. The molecule has 0 radical (unpaired) electrons. The lowest BCUT2D eigenvalue weighted by atomic mass is 9.61. The highest BCUT2D eigenvalue weighted by atomic mass is 16.6. The van der Waals surface area contributed by atoms with Gasteiger partial charge in [-0.25, -0.2) is 0 Å². The fourth-order valence-corrected chi connectivity index (χ4v) is 2.92. The van der Waals surface area contributed by atoms with Gasteiger partial charge in [0.25, 0.3) is 0 Å². The van der Waals surface area contributed by atoms with E-state index in [0.717, 1.165) is 32.3 Å². The smallest absolute Gasteiger partial charge is 0.0810 e. The van der Waals surface area contributed by atoms with Gasteiger partial charge in [-0.05, 0) is 31.1 Å². The van der Waals surface area contributed by atoms with E-state index in [0.29, 0.717) is 6.10 Å². The van der Waals surface area contributed by atoms with Crippen molar-refractivity contribution in [3.63, 3.8) is 0 Å². The van der Waals surface area contributed by atoms with Crippen LogP contribution >= 0.6 is 0 Å². The molecule has 92 valence electrons. The molecule has 0 amide bonds. The van der Waals surface area contributed by atoms with Gasteiger partial charge in [0.2, 0.25) is 0 Å². The molecular weight excluding hydrogens is 200 g/mol. The van der Waals surface area contributed by atoms with E-state index in [1.54, 1.807) is 0 Å². The Bertz CT molecular complexity index is 278. The first-order valence-electron chi connectivity index (χ1n) is 6.46. The third-order valence-electron chi connectivity index (χ3n) is 4.46. The van der Waals surface area contributed by atoms with Crippen molar-refractivity contribution in [2.45, 2.75) is 58.2 Å². The van der Waals surface area contributed by atoms with Gasteiger partial charge in [0.05, 0.1) is 18.3 Å². The van der Waals surface area contributed by atoms with Crippen LogP contribution in [0.25, 0.3) is 0 Å². The normalized spacial score (nSPS) is 41.0. The largest absolute Gasteiger partial charge is 0.389 e. The molecule has 1 N–H and O–H groups in total. The molecule has 16 heavy (non-hydrogen) atoms. The fraction of sp³-hybridized carbons (Fsp3) is 0.857. The number of hydrogen-bond donors (Lipinski definition) is 1. The molecule has 1 fully saturated rings. The Morgan fingerprint density at radius 2 is 2.12 bits per heavy atom. The fourth-order valence-electron chi connectivity index (χ4n) is 2.92. The van der Waals surface area contributed by atoms with Gasteiger partial charge >= 0.3 is 0 Å². The second-order valence-corrected chi connectivity index (χ2v) is 6.08. The first-order chi connectivity index (χ1) is 7.46. The highest BCUT2D eigenvalue weighted by Crippen LogP contribution is 2.46. The summed E-state index contributed by atoms with van der Waals surface area (Å²) in [5.74, 6) is 0.261. The SMILES string of the molecule is CC1C=CCC(C)(C)C1(O)CCCC1CO1. The van der Waals surface area contributed by atoms with Crippen LogP contribution in [0.5, 0.6) is 0 Å². The van der Waals surface area contributed by atoms with Crippen LogP contribution in [0.3, 0.4) is 0 Å². The maximum Gasteiger partial charge on any atom is 0.0810 e. The molecule has 1 saturated heterocycles. The van der Waals surface area contributed by atoms with Crippen LogP contribution in [0.4, 0.5) is 0 Å². The summed E-state index contributed by atoms with van der Waals surface area (Å²) >= 11 is 0. The molecule has 1 aliphatic heterocycles. The Labute approximate surface area is 98.7 Å². The summed E-state index contributed by atoms with van der Waals surface area (Å²) in [6.45, 7) is 7.42. The van der Waals surface area contributed by atoms with Crippen LogP contribution in [-0.2, 0) is 4.74 Å². The van der Waals surface area contributed by atoms with Crippen LogP contribution in [0.2, 0.25) is 0 Å². The second-order valence-electron chi connectivity index (χ2n) is 6.08. The molecule has 2 aliphatic rings. The first-order valence-corrected chi connectivity index (χ1v) is 6.46. The predicted octanol–water partition coefficient (Wildman–Crippen LogP) is 2.91. The van der Waals surface area contributed by atoms with Gasteiger partial charge in [-0.1, -0.05) is 32.9 Å². The average molecular weight is 224 g/mol. The number of rotatable bonds is 4. The third-order valence-corrected chi connectivity index (χ3v) is 4.46. The molecule has 2 heteroatoms. The molecule has 2 rings (SSSR count). The third kappa shape index (κ3) is 2.18. The monoisotopic (exact) mass is 224 g/mol. The molecule has 3 atom stereocenters. The van der Waals surface area contributed by atoms with E-state index in [1.165, 1.54) is 0 Å². The van der Waals surface area contributed by atoms with E-state index in [2.05, 4.69) is 32.9 Å². The lowest BCUT2D eigenvalue weighted by molar-refractivity contribution is -0.106. The number of epoxide rings is 1. The lowest BCUT2D eigenvalue weighted by Gasteiger charge is -2.48. The zero-order valence-corrected chi connectivity index (χ0v) is 10.7. The molecule has 0 spiro atoms. The van der Waals surface area contributed by atoms with E-state index in [4.69, 9.17) is 4.74 Å². The second kappa shape index (κ2) is 4.15. The van der Waals surface area contributed by atoms with Crippen molar-refractivity contribution in [3.8, 4) is 0 Å². The predicted molar refractivity (Wildman–Crippen MR) is 65.2 cm³/mol. The number of allylic oxidation sites excluding steroid dienone is 1. The molecule has 1 heterocycles. The van der Waals surface area contributed by atoms with Crippen molar-refractivity contribution < 1.29 is 9.84 Å². The summed E-state index contributed by atoms with van der Waals surface area (Å²) in [6.07, 6.45) is 8.92. The lowest BCUT2D eigenvalue weighted by Crippen LogP contribution is -2.50. The molecule has 0 saturated carbocycles. The van der Waals surface area contributed by atoms with Crippen molar-refractivity contribution in [3.05, 3.63) is 12.2 Å². The summed E-state index contributed by atoms with van der Waals surface area (Å²) < 4.78 is 5.21. The minimum Gasteiger partial charge on any atom is -0.389 e. The summed E-state index contributed by atoms with van der Waals surface area (Å²) in [5, 5.41) is 10.9. The zero-order chi connectivity index (χ0) is 11.8. The van der Waals surface area contributed by atoms with Crippen LogP contribution in [0.15, 0.2) is 12.2 Å². The van der Waals surface area contributed by atoms with Gasteiger partial charge in [0.1, 0.15) is 0 Å². The minimum absolute atomic E-state index is 0.00836. The molecule has 1 aliphatic carbocycles. The van der Waals surface area contributed by atoms with Gasteiger partial charge in [0, 0.05) is 5.92 Å². The summed E-state index contributed by atoms with van der Waals surface area (Å²) in [4.78, 5) is 0. The van der Waals surface area contributed by atoms with E-state index in [1.807, 2.05) is 0 Å². The Balaban J connectivity index is 1.97. The summed E-state index contributed by atoms with van der Waals surface area (Å²) in [7, 11) is 0. The van der Waals surface area contributed by atoms with Crippen LogP contribution < -0.4 is 0 Å². The van der Waals surface area contributed by atoms with Crippen molar-refractivity contribution in [1.82, 2.24) is 0 Å². The molecule has 0 aromatic carbocycles. The Morgan fingerprint density at radius 3 is 2.69 bits per heavy atom. The van der Waals surface area contributed by atoms with Crippen LogP contribution in [-0.4, -0.2) is 23.4 Å². The number of aliphatic hydroxyl groups is 1. The van der Waals surface area contributed by atoms with Crippen molar-refractivity contribution in [2.75, 3.05) is 6.61 Å². The van der Waals surface area contributed by atoms with Gasteiger partial charge in [-0.3, -0.25) is 0 Å². The molecule has 0 bridgehead atoms. The number of hydrogen-bond acceptors (Lipinski definition) is 2. The standard InChI is InChI=1S/C14H24O2/c1-11-6-4-8-13(2,3)14(11,15)9-5-7-12-10-16-12/h4,6,11-12,15H,5,7-10H2,1-3H3. The molecule has 0 aromatic heterocycles. The average Bonchev–Trinajstić information content (AvgIpc) is 2.98. The van der Waals surface area contributed by atoms with Gasteiger partial charge in [0.15, 0.2) is 0 Å². The maximum absolute atomic E-state index is 10.9. The van der Waals surface area contributed by atoms with Crippen molar-refractivity contribution in [1.29, 1.82) is 0 Å². The minimum atomic E-state index is -0.545. The maximum atomic E-state index is 10.9. The highest BCUT2D eigenvalue weighted by molar-refractivity contribution is 5.11. The topological polar surface area (TPSA) is 32.8 Å². The summed E-state index contributed by atoms with van der Waals surface area (Å²) in [5.41, 5.74) is -0.553. The zero-order valence-electron chi connectivity index (χ0n) is 10.7. The molecule has 0 aromatic rings. The van der Waals surface area contributed by atoms with Crippen molar-refractivity contribution in [2.24, 2.45) is 11.3 Å². The quantitative estimate of drug-likeness (QED) is 0.588. The Hall–Kier alpha value is -0.340. The van der Waals surface area contributed by atoms with Gasteiger partial charge in [-0.15, -0.1) is 0 Å².